The summed E-state index contributed by atoms with van der Waals surface area (Å²) in [5.41, 5.74) is 0.149. The van der Waals surface area contributed by atoms with Gasteiger partial charge in [0.05, 0.1) is 10.5 Å². The minimum atomic E-state index is -1.12. The van der Waals surface area contributed by atoms with Crippen molar-refractivity contribution < 1.29 is 14.8 Å². The van der Waals surface area contributed by atoms with Gasteiger partial charge in [-0.2, -0.15) is 0 Å². The Morgan fingerprint density at radius 1 is 1.43 bits per heavy atom. The molecule has 0 bridgehead atoms. The van der Waals surface area contributed by atoms with Crippen LogP contribution in [0.3, 0.4) is 0 Å². The van der Waals surface area contributed by atoms with E-state index in [2.05, 4.69) is 6.92 Å². The second kappa shape index (κ2) is 6.56. The quantitative estimate of drug-likeness (QED) is 0.680. The second-order valence-corrected chi connectivity index (χ2v) is 5.43. The fourth-order valence-electron chi connectivity index (χ4n) is 2.98. The Morgan fingerprint density at radius 3 is 2.81 bits per heavy atom. The minimum absolute atomic E-state index is 0.0131. The number of hydrogen-bond donors (Lipinski definition) is 1. The largest absolute Gasteiger partial charge is 0.478 e. The molecule has 1 atom stereocenters. The van der Waals surface area contributed by atoms with Gasteiger partial charge in [0.1, 0.15) is 5.69 Å². The van der Waals surface area contributed by atoms with E-state index >= 15 is 0 Å². The Labute approximate surface area is 123 Å². The van der Waals surface area contributed by atoms with Crippen LogP contribution >= 0.6 is 0 Å². The van der Waals surface area contributed by atoms with E-state index in [-0.39, 0.29) is 16.9 Å². The van der Waals surface area contributed by atoms with Gasteiger partial charge in [-0.25, -0.2) is 4.79 Å². The van der Waals surface area contributed by atoms with Crippen LogP contribution in [0.4, 0.5) is 11.4 Å². The summed E-state index contributed by atoms with van der Waals surface area (Å²) in [4.78, 5) is 24.0. The van der Waals surface area contributed by atoms with E-state index in [4.69, 9.17) is 0 Å². The van der Waals surface area contributed by atoms with Crippen LogP contribution < -0.4 is 4.90 Å². The van der Waals surface area contributed by atoms with Gasteiger partial charge < -0.3 is 10.0 Å². The molecule has 1 saturated heterocycles. The smallest absolute Gasteiger partial charge is 0.338 e. The molecule has 2 rings (SSSR count). The highest BCUT2D eigenvalue weighted by atomic mass is 16.6. The molecule has 1 N–H and O–H groups in total. The maximum Gasteiger partial charge on any atom is 0.338 e. The molecule has 1 aromatic carbocycles. The Balaban J connectivity index is 2.41. The first-order valence-corrected chi connectivity index (χ1v) is 7.30. The number of carboxylic acids is 1. The van der Waals surface area contributed by atoms with Gasteiger partial charge in [0.2, 0.25) is 0 Å². The second-order valence-electron chi connectivity index (χ2n) is 5.43. The monoisotopic (exact) mass is 292 g/mol. The summed E-state index contributed by atoms with van der Waals surface area (Å²) in [7, 11) is 0. The van der Waals surface area contributed by atoms with E-state index in [0.717, 1.165) is 25.7 Å². The average molecular weight is 292 g/mol. The number of para-hydroxylation sites is 1. The number of rotatable bonds is 4. The highest BCUT2D eigenvalue weighted by Gasteiger charge is 2.27. The molecule has 1 aliphatic rings. The first-order valence-electron chi connectivity index (χ1n) is 7.30. The Kier molecular flexibility index (Phi) is 4.77. The molecule has 114 valence electrons. The first kappa shape index (κ1) is 15.3. The van der Waals surface area contributed by atoms with Crippen molar-refractivity contribution in [2.24, 2.45) is 5.92 Å². The molecule has 1 heterocycles. The van der Waals surface area contributed by atoms with Gasteiger partial charge in [0, 0.05) is 19.2 Å². The number of carboxylic acid groups (broad SMARTS) is 1. The van der Waals surface area contributed by atoms with Crippen LogP contribution in [0.5, 0.6) is 0 Å². The third-order valence-electron chi connectivity index (χ3n) is 4.18. The molecule has 6 nitrogen and oxygen atoms in total. The molecule has 1 aromatic rings. The number of nitrogens with zero attached hydrogens (tertiary/aromatic N) is 2. The zero-order chi connectivity index (χ0) is 15.4. The van der Waals surface area contributed by atoms with Crippen LogP contribution in [-0.4, -0.2) is 29.1 Å². The molecule has 1 aliphatic heterocycles. The van der Waals surface area contributed by atoms with Gasteiger partial charge in [-0.15, -0.1) is 0 Å². The third kappa shape index (κ3) is 3.32. The van der Waals surface area contributed by atoms with E-state index in [9.17, 15) is 20.0 Å². The summed E-state index contributed by atoms with van der Waals surface area (Å²) in [6.45, 7) is 3.49. The Hall–Kier alpha value is -2.11. The number of benzene rings is 1. The Morgan fingerprint density at radius 2 is 2.19 bits per heavy atom. The fraction of sp³-hybridized carbons (Fsp3) is 0.533. The van der Waals surface area contributed by atoms with E-state index in [1.807, 2.05) is 4.90 Å². The topological polar surface area (TPSA) is 83.7 Å². The minimum Gasteiger partial charge on any atom is -0.478 e. The molecular formula is C15H20N2O4. The lowest BCUT2D eigenvalue weighted by Gasteiger charge is -2.24. The highest BCUT2D eigenvalue weighted by molar-refractivity contribution is 5.97. The van der Waals surface area contributed by atoms with E-state index in [1.54, 1.807) is 0 Å². The van der Waals surface area contributed by atoms with Crippen LogP contribution in [0.1, 0.15) is 43.0 Å². The van der Waals surface area contributed by atoms with E-state index < -0.39 is 10.9 Å². The van der Waals surface area contributed by atoms with Crippen molar-refractivity contribution in [2.45, 2.75) is 32.6 Å². The van der Waals surface area contributed by atoms with E-state index in [0.29, 0.717) is 19.0 Å². The van der Waals surface area contributed by atoms with Crippen molar-refractivity contribution in [1.82, 2.24) is 0 Å². The maximum atomic E-state index is 11.4. The molecule has 0 radical (unpaired) electrons. The van der Waals surface area contributed by atoms with Crippen LogP contribution in [0, 0.1) is 16.0 Å². The summed E-state index contributed by atoms with van der Waals surface area (Å²) in [5, 5.41) is 20.6. The number of carbonyl (C=O) groups is 1. The summed E-state index contributed by atoms with van der Waals surface area (Å²) in [5.74, 6) is -0.504. The van der Waals surface area contributed by atoms with Crippen LogP contribution in [-0.2, 0) is 0 Å². The van der Waals surface area contributed by atoms with Crippen molar-refractivity contribution in [3.63, 3.8) is 0 Å². The van der Waals surface area contributed by atoms with Crippen LogP contribution in [0.15, 0.2) is 18.2 Å². The van der Waals surface area contributed by atoms with Gasteiger partial charge in [0.15, 0.2) is 0 Å². The van der Waals surface area contributed by atoms with Crippen molar-refractivity contribution in [3.05, 3.63) is 33.9 Å². The third-order valence-corrected chi connectivity index (χ3v) is 4.18. The molecule has 1 fully saturated rings. The van der Waals surface area contributed by atoms with Crippen molar-refractivity contribution in [2.75, 3.05) is 18.0 Å². The average Bonchev–Trinajstić information content (AvgIpc) is 2.71. The zero-order valence-electron chi connectivity index (χ0n) is 12.1. The van der Waals surface area contributed by atoms with Gasteiger partial charge in [-0.3, -0.25) is 10.1 Å². The fourth-order valence-corrected chi connectivity index (χ4v) is 2.98. The van der Waals surface area contributed by atoms with Crippen LogP contribution in [0.2, 0.25) is 0 Å². The van der Waals surface area contributed by atoms with Gasteiger partial charge in [0.25, 0.3) is 5.69 Å². The van der Waals surface area contributed by atoms with Crippen LogP contribution in [0.25, 0.3) is 0 Å². The number of hydrogen-bond acceptors (Lipinski definition) is 4. The van der Waals surface area contributed by atoms with Crippen molar-refractivity contribution in [3.8, 4) is 0 Å². The van der Waals surface area contributed by atoms with Crippen molar-refractivity contribution >= 4 is 17.3 Å². The summed E-state index contributed by atoms with van der Waals surface area (Å²) < 4.78 is 0. The number of anilines is 1. The molecule has 0 aliphatic carbocycles. The summed E-state index contributed by atoms with van der Waals surface area (Å²) >= 11 is 0. The maximum absolute atomic E-state index is 11.4. The number of nitro benzene ring substituents is 1. The molecule has 0 saturated carbocycles. The van der Waals surface area contributed by atoms with Gasteiger partial charge in [-0.05, 0) is 31.2 Å². The molecule has 21 heavy (non-hydrogen) atoms. The van der Waals surface area contributed by atoms with E-state index in [1.165, 1.54) is 18.2 Å². The molecule has 0 aromatic heterocycles. The summed E-state index contributed by atoms with van der Waals surface area (Å²) in [6.07, 6.45) is 4.07. The summed E-state index contributed by atoms with van der Waals surface area (Å²) in [6, 6.07) is 4.24. The van der Waals surface area contributed by atoms with Gasteiger partial charge >= 0.3 is 5.97 Å². The standard InChI is InChI=1S/C15H20N2O4/c1-2-11-5-4-9-16(10-8-11)14-12(15(18)19)6-3-7-13(14)17(20)21/h3,6-7,11H,2,4-5,8-10H2,1H3,(H,18,19). The normalized spacial score (nSPS) is 19.1. The van der Waals surface area contributed by atoms with Crippen molar-refractivity contribution in [1.29, 1.82) is 0 Å². The predicted molar refractivity (Wildman–Crippen MR) is 79.9 cm³/mol. The first-order chi connectivity index (χ1) is 10.0. The molecular weight excluding hydrogens is 272 g/mol. The number of aromatic carboxylic acids is 1. The zero-order valence-corrected chi connectivity index (χ0v) is 12.1. The molecule has 1 unspecified atom stereocenters. The lowest BCUT2D eigenvalue weighted by atomic mass is 9.98. The molecule has 6 heteroatoms. The number of nitro groups is 1. The van der Waals surface area contributed by atoms with Gasteiger partial charge in [-0.1, -0.05) is 19.4 Å². The Bertz CT molecular complexity index is 512. The lowest BCUT2D eigenvalue weighted by Crippen LogP contribution is -2.27. The SMILES string of the molecule is CCC1CCCN(c2c(C(=O)O)cccc2[N+](=O)[O-])CC1. The molecule has 0 spiro atoms. The predicted octanol–water partition coefficient (Wildman–Crippen LogP) is 3.31. The molecule has 0 amide bonds. The lowest BCUT2D eigenvalue weighted by molar-refractivity contribution is -0.384. The highest BCUT2D eigenvalue weighted by Crippen LogP contribution is 2.34.